The molecule has 1 aliphatic heterocycles. The molecule has 22 heavy (non-hydrogen) atoms. The van der Waals surface area contributed by atoms with Crippen molar-refractivity contribution in [2.24, 2.45) is 0 Å². The maximum Gasteiger partial charge on any atom is 0.213 e. The fraction of sp³-hybridized carbons (Fsp3) is 0.667. The predicted molar refractivity (Wildman–Crippen MR) is 87.7 cm³/mol. The van der Waals surface area contributed by atoms with E-state index in [4.69, 9.17) is 4.74 Å². The van der Waals surface area contributed by atoms with E-state index in [1.165, 1.54) is 5.56 Å². The van der Waals surface area contributed by atoms with E-state index in [9.17, 15) is 8.42 Å². The fourth-order valence-electron chi connectivity index (χ4n) is 2.49. The lowest BCUT2D eigenvalue weighted by molar-refractivity contribution is -0.00521. The van der Waals surface area contributed by atoms with E-state index in [0.717, 1.165) is 18.7 Å². The molecular weight excluding hydrogens is 302 g/mol. The van der Waals surface area contributed by atoms with Crippen LogP contribution in [0.2, 0.25) is 0 Å². The summed E-state index contributed by atoms with van der Waals surface area (Å²) in [7, 11) is 0.806. The molecule has 0 radical (unpaired) electrons. The number of aromatic nitrogens is 1. The van der Waals surface area contributed by atoms with Gasteiger partial charge in [-0.2, -0.15) is 4.31 Å². The second-order valence-corrected chi connectivity index (χ2v) is 7.96. The van der Waals surface area contributed by atoms with Gasteiger partial charge in [0.25, 0.3) is 0 Å². The van der Waals surface area contributed by atoms with Crippen molar-refractivity contribution in [3.05, 3.63) is 23.9 Å². The molecule has 0 amide bonds. The second-order valence-electron chi connectivity index (χ2n) is 5.71. The van der Waals surface area contributed by atoms with Gasteiger partial charge in [-0.15, -0.1) is 0 Å². The van der Waals surface area contributed by atoms with Crippen molar-refractivity contribution in [3.63, 3.8) is 0 Å². The summed E-state index contributed by atoms with van der Waals surface area (Å²) >= 11 is 0. The van der Waals surface area contributed by atoms with Crippen molar-refractivity contribution >= 4 is 15.8 Å². The van der Waals surface area contributed by atoms with E-state index in [2.05, 4.69) is 11.1 Å². The molecule has 2 heterocycles. The van der Waals surface area contributed by atoms with Gasteiger partial charge in [0.2, 0.25) is 10.0 Å². The molecule has 0 N–H and O–H groups in total. The van der Waals surface area contributed by atoms with Crippen molar-refractivity contribution in [2.75, 3.05) is 44.4 Å². The van der Waals surface area contributed by atoms with Crippen LogP contribution in [0.25, 0.3) is 0 Å². The molecule has 0 bridgehead atoms. The Morgan fingerprint density at radius 1 is 1.45 bits per heavy atom. The lowest BCUT2D eigenvalue weighted by Gasteiger charge is -2.32. The van der Waals surface area contributed by atoms with Gasteiger partial charge in [0, 0.05) is 33.4 Å². The van der Waals surface area contributed by atoms with Crippen LogP contribution in [0, 0.1) is 0 Å². The summed E-state index contributed by atoms with van der Waals surface area (Å²) in [4.78, 5) is 6.26. The van der Waals surface area contributed by atoms with Gasteiger partial charge in [0.15, 0.2) is 0 Å². The van der Waals surface area contributed by atoms with E-state index in [1.807, 2.05) is 25.1 Å². The summed E-state index contributed by atoms with van der Waals surface area (Å²) in [6.45, 7) is 3.08. The number of rotatable bonds is 6. The molecule has 0 unspecified atom stereocenters. The largest absolute Gasteiger partial charge is 0.375 e. The van der Waals surface area contributed by atoms with Crippen molar-refractivity contribution in [1.82, 2.24) is 9.29 Å². The van der Waals surface area contributed by atoms with E-state index < -0.39 is 10.0 Å². The average Bonchev–Trinajstić information content (AvgIpc) is 2.53. The SMILES string of the molecule is CCS(=O)(=O)N1CCO[C@H](CCc2ccnc(N(C)C)c2)C1. The minimum Gasteiger partial charge on any atom is -0.375 e. The Hall–Kier alpha value is -1.18. The monoisotopic (exact) mass is 327 g/mol. The van der Waals surface area contributed by atoms with Gasteiger partial charge < -0.3 is 9.64 Å². The third-order valence-electron chi connectivity index (χ3n) is 3.88. The Morgan fingerprint density at radius 2 is 2.23 bits per heavy atom. The Morgan fingerprint density at radius 3 is 2.91 bits per heavy atom. The number of nitrogens with zero attached hydrogens (tertiary/aromatic N) is 3. The predicted octanol–water partition coefficient (Wildman–Crippen LogP) is 1.13. The van der Waals surface area contributed by atoms with Gasteiger partial charge >= 0.3 is 0 Å². The highest BCUT2D eigenvalue weighted by atomic mass is 32.2. The van der Waals surface area contributed by atoms with Gasteiger partial charge in [-0.3, -0.25) is 0 Å². The van der Waals surface area contributed by atoms with Crippen LogP contribution < -0.4 is 4.90 Å². The number of morpholine rings is 1. The molecule has 2 rings (SSSR count). The van der Waals surface area contributed by atoms with Crippen LogP contribution in [0.1, 0.15) is 18.9 Å². The van der Waals surface area contributed by atoms with E-state index in [0.29, 0.717) is 19.7 Å². The molecule has 1 saturated heterocycles. The molecule has 1 aromatic heterocycles. The Balaban J connectivity index is 1.93. The zero-order valence-corrected chi connectivity index (χ0v) is 14.3. The molecule has 1 atom stereocenters. The molecule has 6 nitrogen and oxygen atoms in total. The van der Waals surface area contributed by atoms with E-state index >= 15 is 0 Å². The molecule has 0 saturated carbocycles. The van der Waals surface area contributed by atoms with E-state index in [-0.39, 0.29) is 11.9 Å². The third-order valence-corrected chi connectivity index (χ3v) is 5.73. The summed E-state index contributed by atoms with van der Waals surface area (Å²) in [5.74, 6) is 1.08. The van der Waals surface area contributed by atoms with Crippen molar-refractivity contribution in [2.45, 2.75) is 25.9 Å². The average molecular weight is 327 g/mol. The number of ether oxygens (including phenoxy) is 1. The molecule has 1 fully saturated rings. The Bertz CT molecular complexity index is 589. The lowest BCUT2D eigenvalue weighted by Crippen LogP contribution is -2.46. The fourth-order valence-corrected chi connectivity index (χ4v) is 3.60. The summed E-state index contributed by atoms with van der Waals surface area (Å²) in [5.41, 5.74) is 1.19. The number of hydrogen-bond acceptors (Lipinski definition) is 5. The highest BCUT2D eigenvalue weighted by molar-refractivity contribution is 7.89. The number of hydrogen-bond donors (Lipinski definition) is 0. The quantitative estimate of drug-likeness (QED) is 0.784. The van der Waals surface area contributed by atoms with Crippen molar-refractivity contribution in [3.8, 4) is 0 Å². The first-order chi connectivity index (χ1) is 10.4. The molecule has 1 aromatic rings. The van der Waals surface area contributed by atoms with Crippen LogP contribution in [0.5, 0.6) is 0 Å². The maximum atomic E-state index is 12.0. The summed E-state index contributed by atoms with van der Waals surface area (Å²) in [6.07, 6.45) is 3.44. The topological polar surface area (TPSA) is 62.7 Å². The lowest BCUT2D eigenvalue weighted by atomic mass is 10.1. The number of aryl methyl sites for hydroxylation is 1. The summed E-state index contributed by atoms with van der Waals surface area (Å²) in [6, 6.07) is 4.06. The minimum atomic E-state index is -3.12. The molecule has 7 heteroatoms. The molecule has 0 aliphatic carbocycles. The van der Waals surface area contributed by atoms with Crippen LogP contribution >= 0.6 is 0 Å². The van der Waals surface area contributed by atoms with Gasteiger partial charge in [0.05, 0.1) is 18.5 Å². The van der Waals surface area contributed by atoms with Gasteiger partial charge in [-0.05, 0) is 37.5 Å². The minimum absolute atomic E-state index is 0.0361. The van der Waals surface area contributed by atoms with Crippen LogP contribution in [0.15, 0.2) is 18.3 Å². The Labute approximate surface area is 133 Å². The second kappa shape index (κ2) is 7.39. The van der Waals surface area contributed by atoms with Crippen LogP contribution in [0.4, 0.5) is 5.82 Å². The van der Waals surface area contributed by atoms with Crippen LogP contribution in [0.3, 0.4) is 0 Å². The Kier molecular flexibility index (Phi) is 5.77. The van der Waals surface area contributed by atoms with E-state index in [1.54, 1.807) is 17.4 Å². The molecular formula is C15H25N3O3S. The van der Waals surface area contributed by atoms with Gasteiger partial charge in [0.1, 0.15) is 5.82 Å². The standard InChI is InChI=1S/C15H25N3O3S/c1-4-22(19,20)18-9-10-21-14(12-18)6-5-13-7-8-16-15(11-13)17(2)3/h7-8,11,14H,4-6,9-10,12H2,1-3H3/t14-/m1/s1. The summed E-state index contributed by atoms with van der Waals surface area (Å²) in [5, 5.41) is 0. The first kappa shape index (κ1) is 17.2. The molecule has 1 aliphatic rings. The van der Waals surface area contributed by atoms with Crippen molar-refractivity contribution < 1.29 is 13.2 Å². The number of anilines is 1. The smallest absolute Gasteiger partial charge is 0.213 e. The maximum absolute atomic E-state index is 12.0. The van der Waals surface area contributed by atoms with Gasteiger partial charge in [-0.1, -0.05) is 0 Å². The molecule has 124 valence electrons. The normalized spacial score (nSPS) is 20.0. The molecule has 0 spiro atoms. The van der Waals surface area contributed by atoms with Gasteiger partial charge in [-0.25, -0.2) is 13.4 Å². The summed E-state index contributed by atoms with van der Waals surface area (Å²) < 4.78 is 31.2. The first-order valence-corrected chi connectivity index (χ1v) is 9.25. The number of pyridine rings is 1. The van der Waals surface area contributed by atoms with Crippen LogP contribution in [-0.4, -0.2) is 63.4 Å². The zero-order valence-electron chi connectivity index (χ0n) is 13.5. The highest BCUT2D eigenvalue weighted by Gasteiger charge is 2.27. The number of sulfonamides is 1. The van der Waals surface area contributed by atoms with Crippen molar-refractivity contribution in [1.29, 1.82) is 0 Å². The highest BCUT2D eigenvalue weighted by Crippen LogP contribution is 2.17. The van der Waals surface area contributed by atoms with Crippen LogP contribution in [-0.2, 0) is 21.2 Å². The third kappa shape index (κ3) is 4.41. The zero-order chi connectivity index (χ0) is 16.2. The first-order valence-electron chi connectivity index (χ1n) is 7.64. The molecule has 0 aromatic carbocycles.